The molecular weight excluding hydrogens is 238 g/mol. The maximum atomic E-state index is 11.8. The van der Waals surface area contributed by atoms with Crippen molar-refractivity contribution >= 4 is 29.3 Å². The lowest BCUT2D eigenvalue weighted by Gasteiger charge is -2.19. The van der Waals surface area contributed by atoms with Gasteiger partial charge < -0.3 is 10.4 Å². The molecule has 0 saturated carbocycles. The topological polar surface area (TPSA) is 66.4 Å². The van der Waals surface area contributed by atoms with Gasteiger partial charge >= 0.3 is 5.97 Å². The second-order valence-electron chi connectivity index (χ2n) is 4.58. The smallest absolute Gasteiger partial charge is 0.328 e. The van der Waals surface area contributed by atoms with Gasteiger partial charge in [-0.25, -0.2) is 4.79 Å². The largest absolute Gasteiger partial charge is 0.478 e. The minimum absolute atomic E-state index is 0.141. The van der Waals surface area contributed by atoms with Crippen LogP contribution in [0.1, 0.15) is 35.3 Å². The lowest BCUT2D eigenvalue weighted by atomic mass is 10.1. The Hall–Kier alpha value is -1.62. The van der Waals surface area contributed by atoms with Crippen molar-refractivity contribution in [3.63, 3.8) is 0 Å². The summed E-state index contributed by atoms with van der Waals surface area (Å²) in [5.74, 6) is -1.14. The molecule has 0 spiro atoms. The molecule has 0 unspecified atom stereocenters. The average molecular weight is 253 g/mol. The van der Waals surface area contributed by atoms with E-state index in [1.165, 1.54) is 17.4 Å². The third-order valence-electron chi connectivity index (χ3n) is 1.73. The Labute approximate surface area is 104 Å². The summed E-state index contributed by atoms with van der Waals surface area (Å²) in [6, 6.07) is 3.41. The predicted molar refractivity (Wildman–Crippen MR) is 68.2 cm³/mol. The summed E-state index contributed by atoms with van der Waals surface area (Å²) >= 11 is 1.26. The molecule has 0 bridgehead atoms. The van der Waals surface area contributed by atoms with Crippen LogP contribution in [0.5, 0.6) is 0 Å². The molecule has 2 N–H and O–H groups in total. The molecule has 1 aromatic heterocycles. The Balaban J connectivity index is 2.74. The minimum atomic E-state index is -1.00. The molecule has 0 fully saturated rings. The molecule has 1 heterocycles. The van der Waals surface area contributed by atoms with E-state index in [1.807, 2.05) is 20.8 Å². The Morgan fingerprint density at radius 2 is 2.00 bits per heavy atom. The standard InChI is InChI=1S/C12H15NO3S/c1-12(2,3)13-11(16)9-6-4-8(17-9)5-7-10(14)15/h4-7H,1-3H3,(H,13,16)(H,14,15)/b7-5+. The van der Waals surface area contributed by atoms with Gasteiger partial charge in [-0.1, -0.05) is 0 Å². The first-order valence-corrected chi connectivity index (χ1v) is 5.93. The zero-order valence-corrected chi connectivity index (χ0v) is 10.8. The number of hydrogen-bond donors (Lipinski definition) is 2. The molecule has 0 aromatic carbocycles. The Morgan fingerprint density at radius 3 is 2.53 bits per heavy atom. The number of amides is 1. The number of carboxylic acid groups (broad SMARTS) is 1. The fraction of sp³-hybridized carbons (Fsp3) is 0.333. The van der Waals surface area contributed by atoms with Crippen LogP contribution in [-0.2, 0) is 4.79 Å². The van der Waals surface area contributed by atoms with Crippen LogP contribution in [-0.4, -0.2) is 22.5 Å². The quantitative estimate of drug-likeness (QED) is 0.813. The van der Waals surface area contributed by atoms with E-state index in [0.29, 0.717) is 4.88 Å². The highest BCUT2D eigenvalue weighted by atomic mass is 32.1. The third-order valence-corrected chi connectivity index (χ3v) is 2.78. The van der Waals surface area contributed by atoms with Crippen LogP contribution < -0.4 is 5.32 Å². The van der Waals surface area contributed by atoms with Gasteiger partial charge in [0.15, 0.2) is 0 Å². The summed E-state index contributed by atoms with van der Waals surface area (Å²) in [4.78, 5) is 23.4. The number of carbonyl (C=O) groups excluding carboxylic acids is 1. The molecule has 92 valence electrons. The molecule has 17 heavy (non-hydrogen) atoms. The zero-order valence-electron chi connectivity index (χ0n) is 9.98. The summed E-state index contributed by atoms with van der Waals surface area (Å²) in [6.07, 6.45) is 2.53. The molecular formula is C12H15NO3S. The van der Waals surface area contributed by atoms with Crippen molar-refractivity contribution in [2.45, 2.75) is 26.3 Å². The molecule has 1 rings (SSSR count). The van der Waals surface area contributed by atoms with E-state index in [1.54, 1.807) is 12.1 Å². The number of thiophene rings is 1. The van der Waals surface area contributed by atoms with Crippen LogP contribution in [0.4, 0.5) is 0 Å². The second-order valence-corrected chi connectivity index (χ2v) is 5.69. The number of carboxylic acids is 1. The fourth-order valence-electron chi connectivity index (χ4n) is 1.12. The van der Waals surface area contributed by atoms with E-state index in [0.717, 1.165) is 11.0 Å². The van der Waals surface area contributed by atoms with Gasteiger partial charge in [-0.15, -0.1) is 11.3 Å². The van der Waals surface area contributed by atoms with E-state index >= 15 is 0 Å². The van der Waals surface area contributed by atoms with Gasteiger partial charge in [0, 0.05) is 16.5 Å². The monoisotopic (exact) mass is 253 g/mol. The number of hydrogen-bond acceptors (Lipinski definition) is 3. The van der Waals surface area contributed by atoms with Gasteiger partial charge in [0.1, 0.15) is 0 Å². The summed E-state index contributed by atoms with van der Waals surface area (Å²) in [5, 5.41) is 11.3. The molecule has 0 aliphatic heterocycles. The summed E-state index contributed by atoms with van der Waals surface area (Å²) in [7, 11) is 0. The van der Waals surface area contributed by atoms with Crippen LogP contribution >= 0.6 is 11.3 Å². The molecule has 0 atom stereocenters. The van der Waals surface area contributed by atoms with Crippen molar-refractivity contribution in [2.24, 2.45) is 0 Å². The highest BCUT2D eigenvalue weighted by molar-refractivity contribution is 7.14. The fourth-order valence-corrected chi connectivity index (χ4v) is 1.93. The van der Waals surface area contributed by atoms with Crippen LogP contribution in [0.25, 0.3) is 6.08 Å². The van der Waals surface area contributed by atoms with Crippen molar-refractivity contribution < 1.29 is 14.7 Å². The van der Waals surface area contributed by atoms with Crippen molar-refractivity contribution in [1.82, 2.24) is 5.32 Å². The number of nitrogens with one attached hydrogen (secondary N) is 1. The van der Waals surface area contributed by atoms with Gasteiger partial charge in [-0.2, -0.15) is 0 Å². The Morgan fingerprint density at radius 1 is 1.35 bits per heavy atom. The van der Waals surface area contributed by atoms with E-state index in [-0.39, 0.29) is 11.4 Å². The summed E-state index contributed by atoms with van der Waals surface area (Å²) < 4.78 is 0. The van der Waals surface area contributed by atoms with Crippen molar-refractivity contribution in [1.29, 1.82) is 0 Å². The SMILES string of the molecule is CC(C)(C)NC(=O)c1ccc(/C=C/C(=O)O)s1. The number of rotatable bonds is 3. The molecule has 0 aliphatic rings. The van der Waals surface area contributed by atoms with Gasteiger partial charge in [0.05, 0.1) is 4.88 Å². The first-order valence-electron chi connectivity index (χ1n) is 5.11. The van der Waals surface area contributed by atoms with E-state index in [9.17, 15) is 9.59 Å². The highest BCUT2D eigenvalue weighted by Crippen LogP contribution is 2.18. The van der Waals surface area contributed by atoms with Gasteiger partial charge in [0.25, 0.3) is 5.91 Å². The lowest BCUT2D eigenvalue weighted by Crippen LogP contribution is -2.40. The van der Waals surface area contributed by atoms with Crippen molar-refractivity contribution in [3.8, 4) is 0 Å². The highest BCUT2D eigenvalue weighted by Gasteiger charge is 2.16. The third kappa shape index (κ3) is 4.82. The lowest BCUT2D eigenvalue weighted by molar-refractivity contribution is -0.131. The van der Waals surface area contributed by atoms with Crippen molar-refractivity contribution in [2.75, 3.05) is 0 Å². The Bertz CT molecular complexity index is 455. The zero-order chi connectivity index (χ0) is 13.1. The second kappa shape index (κ2) is 5.14. The molecule has 4 nitrogen and oxygen atoms in total. The Kier molecular flexibility index (Phi) is 4.07. The van der Waals surface area contributed by atoms with Crippen molar-refractivity contribution in [3.05, 3.63) is 28.0 Å². The van der Waals surface area contributed by atoms with Crippen LogP contribution in [0.15, 0.2) is 18.2 Å². The molecule has 1 aromatic rings. The van der Waals surface area contributed by atoms with Crippen LogP contribution in [0, 0.1) is 0 Å². The molecule has 1 amide bonds. The maximum Gasteiger partial charge on any atom is 0.328 e. The minimum Gasteiger partial charge on any atom is -0.478 e. The molecule has 0 radical (unpaired) electrons. The number of carbonyl (C=O) groups is 2. The van der Waals surface area contributed by atoms with Crippen LogP contribution in [0.3, 0.4) is 0 Å². The van der Waals surface area contributed by atoms with E-state index in [2.05, 4.69) is 5.32 Å². The molecule has 0 aliphatic carbocycles. The van der Waals surface area contributed by atoms with E-state index in [4.69, 9.17) is 5.11 Å². The van der Waals surface area contributed by atoms with Crippen LogP contribution in [0.2, 0.25) is 0 Å². The van der Waals surface area contributed by atoms with Gasteiger partial charge in [-0.3, -0.25) is 4.79 Å². The molecule has 0 saturated heterocycles. The predicted octanol–water partition coefficient (Wildman–Crippen LogP) is 2.37. The number of aliphatic carboxylic acids is 1. The first-order chi connectivity index (χ1) is 7.78. The first kappa shape index (κ1) is 13.4. The summed E-state index contributed by atoms with van der Waals surface area (Å²) in [5.41, 5.74) is -0.280. The van der Waals surface area contributed by atoms with Gasteiger partial charge in [0.2, 0.25) is 0 Å². The molecule has 5 heteroatoms. The van der Waals surface area contributed by atoms with Gasteiger partial charge in [-0.05, 0) is 39.0 Å². The summed E-state index contributed by atoms with van der Waals surface area (Å²) in [6.45, 7) is 5.72. The van der Waals surface area contributed by atoms with E-state index < -0.39 is 5.97 Å². The average Bonchev–Trinajstić information content (AvgIpc) is 2.60. The maximum absolute atomic E-state index is 11.8. The normalized spacial score (nSPS) is 11.7.